The number of unbranched alkanes of at least 4 members (excludes halogenated alkanes) is 8. The number of ketones is 1. The van der Waals surface area contributed by atoms with E-state index in [-0.39, 0.29) is 10.8 Å². The first-order chi connectivity index (χ1) is 18.2. The first kappa shape index (κ1) is 30.6. The maximum absolute atomic E-state index is 12.4. The van der Waals surface area contributed by atoms with Crippen LogP contribution in [0.3, 0.4) is 0 Å². The smallest absolute Gasteiger partial charge is 0.155 e. The molecule has 2 unspecified atom stereocenters. The molecule has 4 aliphatic rings. The van der Waals surface area contributed by atoms with E-state index in [1.165, 1.54) is 94.1 Å². The molecule has 38 heavy (non-hydrogen) atoms. The second kappa shape index (κ2) is 13.6. The molecule has 0 aliphatic heterocycles. The Labute approximate surface area is 238 Å². The Balaban J connectivity index is 1.24. The van der Waals surface area contributed by atoms with Crippen LogP contribution in [0.4, 0.5) is 0 Å². The van der Waals surface area contributed by atoms with E-state index in [9.17, 15) is 9.90 Å². The van der Waals surface area contributed by atoms with E-state index in [0.29, 0.717) is 30.1 Å². The van der Waals surface area contributed by atoms with Gasteiger partial charge in [0, 0.05) is 13.0 Å². The van der Waals surface area contributed by atoms with Gasteiger partial charge in [-0.05, 0) is 123 Å². The highest BCUT2D eigenvalue weighted by molar-refractivity contribution is 7.99. The van der Waals surface area contributed by atoms with Crippen LogP contribution >= 0.6 is 11.8 Å². The molecule has 218 valence electrons. The molecule has 0 heterocycles. The van der Waals surface area contributed by atoms with E-state index in [4.69, 9.17) is 5.11 Å². The van der Waals surface area contributed by atoms with Gasteiger partial charge in [0.2, 0.25) is 0 Å². The molecule has 4 aliphatic carbocycles. The normalized spacial score (nSPS) is 38.4. The minimum atomic E-state index is -0.523. The molecule has 3 nitrogen and oxygen atoms in total. The van der Waals surface area contributed by atoms with Crippen LogP contribution in [0.2, 0.25) is 0 Å². The largest absolute Gasteiger partial charge is 0.396 e. The van der Waals surface area contributed by atoms with Gasteiger partial charge in [-0.1, -0.05) is 64.4 Å². The van der Waals surface area contributed by atoms with Crippen LogP contribution in [0.15, 0.2) is 11.6 Å². The molecule has 3 saturated carbocycles. The maximum atomic E-state index is 12.4. The summed E-state index contributed by atoms with van der Waals surface area (Å²) in [6.07, 6.45) is 23.7. The van der Waals surface area contributed by atoms with Crippen molar-refractivity contribution in [3.8, 4) is 0 Å². The number of thioether (sulfide) groups is 1. The number of hydrogen-bond donors (Lipinski definition) is 2. The second-order valence-corrected chi connectivity index (χ2v) is 15.5. The van der Waals surface area contributed by atoms with E-state index in [1.54, 1.807) is 0 Å². The number of rotatable bonds is 15. The summed E-state index contributed by atoms with van der Waals surface area (Å²) in [6.45, 7) is 7.36. The molecule has 0 radical (unpaired) electrons. The Bertz CT molecular complexity index is 806. The van der Waals surface area contributed by atoms with Crippen molar-refractivity contribution in [2.45, 2.75) is 142 Å². The van der Waals surface area contributed by atoms with Crippen molar-refractivity contribution in [1.29, 1.82) is 0 Å². The molecule has 2 N–H and O–H groups in total. The van der Waals surface area contributed by atoms with Gasteiger partial charge in [0.25, 0.3) is 0 Å². The summed E-state index contributed by atoms with van der Waals surface area (Å²) < 4.78 is 0. The molecule has 3 fully saturated rings. The lowest BCUT2D eigenvalue weighted by molar-refractivity contribution is -0.135. The fraction of sp³-hybridized carbons (Fsp3) is 0.912. The second-order valence-electron chi connectivity index (χ2n) is 14.2. The van der Waals surface area contributed by atoms with Gasteiger partial charge in [0.1, 0.15) is 0 Å². The topological polar surface area (TPSA) is 57.5 Å². The van der Waals surface area contributed by atoms with Crippen molar-refractivity contribution in [2.75, 3.05) is 18.1 Å². The zero-order chi connectivity index (χ0) is 27.2. The average Bonchev–Trinajstić information content (AvgIpc) is 3.13. The fourth-order valence-corrected chi connectivity index (χ4v) is 10.4. The highest BCUT2D eigenvalue weighted by Gasteiger charge is 2.64. The third-order valence-electron chi connectivity index (χ3n) is 12.0. The van der Waals surface area contributed by atoms with Gasteiger partial charge < -0.3 is 10.2 Å². The molecule has 4 rings (SSSR count). The summed E-state index contributed by atoms with van der Waals surface area (Å²) in [6, 6.07) is 0. The lowest BCUT2D eigenvalue weighted by Crippen LogP contribution is -2.56. The van der Waals surface area contributed by atoms with Gasteiger partial charge in [0.15, 0.2) is 5.78 Å². The summed E-state index contributed by atoms with van der Waals surface area (Å²) >= 11 is 2.09. The summed E-state index contributed by atoms with van der Waals surface area (Å²) in [4.78, 5) is 12.4. The quantitative estimate of drug-likeness (QED) is 0.202. The number of aliphatic hydroxyl groups excluding tert-OH is 1. The van der Waals surface area contributed by atoms with Gasteiger partial charge in [0.05, 0.1) is 5.60 Å². The molecule has 0 bridgehead atoms. The van der Waals surface area contributed by atoms with Crippen LogP contribution in [0, 0.1) is 34.5 Å². The Hall–Kier alpha value is -0.320. The Morgan fingerprint density at radius 3 is 2.18 bits per heavy atom. The third kappa shape index (κ3) is 6.59. The summed E-state index contributed by atoms with van der Waals surface area (Å²) in [5.41, 5.74) is 1.24. The number of fused-ring (bicyclic) bond motifs is 5. The molecule has 0 amide bonds. The first-order valence-electron chi connectivity index (χ1n) is 16.4. The van der Waals surface area contributed by atoms with Gasteiger partial charge in [-0.3, -0.25) is 4.79 Å². The van der Waals surface area contributed by atoms with Crippen LogP contribution in [-0.2, 0) is 4.79 Å². The fourth-order valence-electron chi connectivity index (χ4n) is 9.33. The minimum Gasteiger partial charge on any atom is -0.396 e. The minimum absolute atomic E-state index is 0.0617. The van der Waals surface area contributed by atoms with Crippen molar-refractivity contribution >= 4 is 17.5 Å². The summed E-state index contributed by atoms with van der Waals surface area (Å²) in [5.74, 6) is 5.67. The molecule has 0 aromatic heterocycles. The van der Waals surface area contributed by atoms with E-state index in [2.05, 4.69) is 38.6 Å². The number of carbonyl (C=O) groups is 1. The number of hydrogen-bond acceptors (Lipinski definition) is 4. The van der Waals surface area contributed by atoms with Gasteiger partial charge in [-0.15, -0.1) is 0 Å². The summed E-state index contributed by atoms with van der Waals surface area (Å²) in [5, 5.41) is 20.2. The third-order valence-corrected chi connectivity index (χ3v) is 13.2. The highest BCUT2D eigenvalue weighted by Crippen LogP contribution is 2.69. The lowest BCUT2D eigenvalue weighted by atomic mass is 9.44. The molecular formula is C34H58O3S. The van der Waals surface area contributed by atoms with Crippen LogP contribution in [-0.4, -0.2) is 39.7 Å². The van der Waals surface area contributed by atoms with E-state index < -0.39 is 5.60 Å². The van der Waals surface area contributed by atoms with Crippen LogP contribution in [0.5, 0.6) is 0 Å². The van der Waals surface area contributed by atoms with Crippen molar-refractivity contribution < 1.29 is 15.0 Å². The van der Waals surface area contributed by atoms with Gasteiger partial charge in [-0.25, -0.2) is 0 Å². The average molecular weight is 547 g/mol. The van der Waals surface area contributed by atoms with Gasteiger partial charge >= 0.3 is 0 Å². The monoisotopic (exact) mass is 546 g/mol. The van der Waals surface area contributed by atoms with Crippen molar-refractivity contribution in [3.05, 3.63) is 11.6 Å². The summed E-state index contributed by atoms with van der Waals surface area (Å²) in [7, 11) is 0. The maximum Gasteiger partial charge on any atom is 0.155 e. The Kier molecular flexibility index (Phi) is 10.9. The lowest BCUT2D eigenvalue weighted by Gasteiger charge is -2.61. The molecule has 4 heteroatoms. The predicted molar refractivity (Wildman–Crippen MR) is 161 cm³/mol. The highest BCUT2D eigenvalue weighted by atomic mass is 32.2. The van der Waals surface area contributed by atoms with E-state index >= 15 is 0 Å². The van der Waals surface area contributed by atoms with E-state index in [0.717, 1.165) is 44.4 Å². The number of allylic oxidation sites excluding steroid dienone is 1. The number of carbonyl (C=O) groups excluding carboxylic acids is 1. The molecule has 0 aromatic carbocycles. The first-order valence-corrected chi connectivity index (χ1v) is 17.5. The molecule has 0 saturated heterocycles. The molecule has 0 aromatic rings. The van der Waals surface area contributed by atoms with Gasteiger partial charge in [-0.2, -0.15) is 11.8 Å². The van der Waals surface area contributed by atoms with E-state index in [1.807, 2.05) is 0 Å². The Morgan fingerprint density at radius 2 is 1.47 bits per heavy atom. The predicted octanol–water partition coefficient (Wildman–Crippen LogP) is 8.51. The number of aliphatic hydroxyl groups is 2. The van der Waals surface area contributed by atoms with Crippen LogP contribution in [0.1, 0.15) is 136 Å². The molecular weight excluding hydrogens is 488 g/mol. The molecule has 0 spiro atoms. The molecule has 7 atom stereocenters. The van der Waals surface area contributed by atoms with Crippen LogP contribution < -0.4 is 0 Å². The SMILES string of the molecule is CC1(O)CC[C@H]2[C@@H]3C(CCCCCCCCCSCCCCCO)CC4=CC(=O)CC[C@]4(C)[C@@H]3CC[C@@]21C. The standard InChI is InChI=1S/C34H58O3S/c1-32-18-15-28(36)25-27(32)24-26(31-29(32)16-19-33(2)30(31)17-20-34(33,3)37)14-10-7-5-4-6-8-12-22-38-23-13-9-11-21-35/h25-26,29-31,35,37H,4-24H2,1-3H3/t26?,29-,30+,31-,32+,33+,34?/m1/s1. The van der Waals surface area contributed by atoms with Crippen LogP contribution in [0.25, 0.3) is 0 Å². The zero-order valence-electron chi connectivity index (χ0n) is 24.9. The zero-order valence-corrected chi connectivity index (χ0v) is 25.8. The van der Waals surface area contributed by atoms with Crippen molar-refractivity contribution in [3.63, 3.8) is 0 Å². The van der Waals surface area contributed by atoms with Crippen molar-refractivity contribution in [2.24, 2.45) is 34.5 Å². The Morgan fingerprint density at radius 1 is 0.842 bits per heavy atom. The van der Waals surface area contributed by atoms with Crippen molar-refractivity contribution in [1.82, 2.24) is 0 Å².